The van der Waals surface area contributed by atoms with Crippen molar-refractivity contribution in [3.63, 3.8) is 0 Å². The first-order valence-corrected chi connectivity index (χ1v) is 6.59. The molecule has 0 fully saturated rings. The molecule has 0 saturated carbocycles. The molecule has 0 aliphatic carbocycles. The van der Waals surface area contributed by atoms with E-state index >= 15 is 0 Å². The number of carbonyl (C=O) groups is 1. The van der Waals surface area contributed by atoms with Crippen LogP contribution in [0.5, 0.6) is 0 Å². The molecule has 5 nitrogen and oxygen atoms in total. The summed E-state index contributed by atoms with van der Waals surface area (Å²) >= 11 is 3.19. The summed E-state index contributed by atoms with van der Waals surface area (Å²) in [5.41, 5.74) is 1.24. The van der Waals surface area contributed by atoms with Gasteiger partial charge in [0.1, 0.15) is 10.4 Å². The van der Waals surface area contributed by atoms with Crippen LogP contribution in [0.2, 0.25) is 0 Å². The van der Waals surface area contributed by atoms with E-state index in [0.29, 0.717) is 10.4 Å². The van der Waals surface area contributed by atoms with E-state index in [2.05, 4.69) is 26.2 Å². The molecule has 0 amide bonds. The number of aromatic nitrogens is 1. The van der Waals surface area contributed by atoms with Crippen LogP contribution in [0.15, 0.2) is 41.0 Å². The molecule has 0 saturated heterocycles. The van der Waals surface area contributed by atoms with Crippen LogP contribution in [0.3, 0.4) is 0 Å². The zero-order valence-corrected chi connectivity index (χ0v) is 12.2. The molecule has 0 unspecified atom stereocenters. The molecular weight excluding hydrogens is 322 g/mol. The fourth-order valence-electron chi connectivity index (χ4n) is 1.81. The molecule has 2 rings (SSSR count). The molecule has 3 N–H and O–H groups in total. The SMILES string of the molecule is CC(=N)c1c(C(=O)O)cc(Br)nc1Nc1ccccc1. The third-order valence-electron chi connectivity index (χ3n) is 2.63. The first-order valence-electron chi connectivity index (χ1n) is 5.80. The van der Waals surface area contributed by atoms with Gasteiger partial charge < -0.3 is 15.8 Å². The lowest BCUT2D eigenvalue weighted by molar-refractivity contribution is 0.0696. The normalized spacial score (nSPS) is 10.1. The fourth-order valence-corrected chi connectivity index (χ4v) is 2.22. The fraction of sp³-hybridized carbons (Fsp3) is 0.0714. The van der Waals surface area contributed by atoms with Gasteiger partial charge in [0.25, 0.3) is 0 Å². The summed E-state index contributed by atoms with van der Waals surface area (Å²) in [4.78, 5) is 15.5. The van der Waals surface area contributed by atoms with Crippen LogP contribution in [0.4, 0.5) is 11.5 Å². The quantitative estimate of drug-likeness (QED) is 0.588. The summed E-state index contributed by atoms with van der Waals surface area (Å²) in [5, 5.41) is 20.1. The van der Waals surface area contributed by atoms with Crippen LogP contribution < -0.4 is 5.32 Å². The van der Waals surface area contributed by atoms with E-state index in [0.717, 1.165) is 5.69 Å². The average Bonchev–Trinajstić information content (AvgIpc) is 2.38. The van der Waals surface area contributed by atoms with Gasteiger partial charge in [-0.25, -0.2) is 9.78 Å². The van der Waals surface area contributed by atoms with Gasteiger partial charge in [0.05, 0.1) is 11.1 Å². The van der Waals surface area contributed by atoms with Crippen LogP contribution >= 0.6 is 15.9 Å². The topological polar surface area (TPSA) is 86.1 Å². The first kappa shape index (κ1) is 14.2. The predicted octanol–water partition coefficient (Wildman–Crippen LogP) is 3.67. The van der Waals surface area contributed by atoms with E-state index in [4.69, 9.17) is 5.41 Å². The molecule has 0 bridgehead atoms. The minimum Gasteiger partial charge on any atom is -0.478 e. The standard InChI is InChI=1S/C14H12BrN3O2/c1-8(16)12-10(14(19)20)7-11(15)18-13(12)17-9-5-3-2-4-6-9/h2-7,16H,1H3,(H,17,18)(H,19,20). The zero-order chi connectivity index (χ0) is 14.7. The zero-order valence-electron chi connectivity index (χ0n) is 10.6. The molecule has 6 heteroatoms. The molecule has 1 heterocycles. The Balaban J connectivity index is 2.56. The number of hydrogen-bond donors (Lipinski definition) is 3. The van der Waals surface area contributed by atoms with Gasteiger partial charge in [-0.3, -0.25) is 0 Å². The molecule has 0 spiro atoms. The van der Waals surface area contributed by atoms with E-state index in [9.17, 15) is 9.90 Å². The Morgan fingerprint density at radius 2 is 2.00 bits per heavy atom. The van der Waals surface area contributed by atoms with Crippen LogP contribution in [0, 0.1) is 5.41 Å². The van der Waals surface area contributed by atoms with Crippen molar-refractivity contribution in [3.05, 3.63) is 52.1 Å². The van der Waals surface area contributed by atoms with E-state index in [-0.39, 0.29) is 16.8 Å². The lowest BCUT2D eigenvalue weighted by Gasteiger charge is -2.13. The number of benzene rings is 1. The minimum atomic E-state index is -1.09. The van der Waals surface area contributed by atoms with Crippen LogP contribution in [0.25, 0.3) is 0 Å². The molecule has 0 aliphatic rings. The number of aromatic carboxylic acids is 1. The van der Waals surface area contributed by atoms with Crippen molar-refractivity contribution in [3.8, 4) is 0 Å². The number of carboxylic acids is 1. The van der Waals surface area contributed by atoms with Gasteiger partial charge >= 0.3 is 5.97 Å². The van der Waals surface area contributed by atoms with E-state index < -0.39 is 5.97 Å². The molecule has 2 aromatic rings. The van der Waals surface area contributed by atoms with Gasteiger partial charge in [-0.1, -0.05) is 18.2 Å². The third-order valence-corrected chi connectivity index (χ3v) is 3.04. The smallest absolute Gasteiger partial charge is 0.336 e. The highest BCUT2D eigenvalue weighted by molar-refractivity contribution is 9.10. The number of anilines is 2. The predicted molar refractivity (Wildman–Crippen MR) is 81.1 cm³/mol. The molecule has 1 aromatic heterocycles. The first-order chi connectivity index (χ1) is 9.49. The maximum Gasteiger partial charge on any atom is 0.336 e. The highest BCUT2D eigenvalue weighted by Gasteiger charge is 2.18. The minimum absolute atomic E-state index is 0.0396. The van der Waals surface area contributed by atoms with Crippen molar-refractivity contribution in [1.29, 1.82) is 5.41 Å². The van der Waals surface area contributed by atoms with Crippen LogP contribution in [-0.4, -0.2) is 21.8 Å². The van der Waals surface area contributed by atoms with Crippen molar-refractivity contribution in [1.82, 2.24) is 4.98 Å². The Kier molecular flexibility index (Phi) is 4.14. The Hall–Kier alpha value is -2.21. The van der Waals surface area contributed by atoms with Gasteiger partial charge in [0.15, 0.2) is 0 Å². The molecule has 1 aromatic carbocycles. The van der Waals surface area contributed by atoms with E-state index in [1.165, 1.54) is 13.0 Å². The summed E-state index contributed by atoms with van der Waals surface area (Å²) in [6, 6.07) is 10.7. The molecular formula is C14H12BrN3O2. The van der Waals surface area contributed by atoms with Crippen molar-refractivity contribution in [2.24, 2.45) is 0 Å². The number of carboxylic acid groups (broad SMARTS) is 1. The van der Waals surface area contributed by atoms with Gasteiger partial charge in [0.2, 0.25) is 0 Å². The Labute approximate surface area is 124 Å². The van der Waals surface area contributed by atoms with Crippen LogP contribution in [0.1, 0.15) is 22.8 Å². The van der Waals surface area contributed by atoms with E-state index in [1.54, 1.807) is 0 Å². The second-order valence-electron chi connectivity index (χ2n) is 4.14. The van der Waals surface area contributed by atoms with Crippen molar-refractivity contribution >= 4 is 39.1 Å². The number of para-hydroxylation sites is 1. The number of halogens is 1. The van der Waals surface area contributed by atoms with Gasteiger partial charge in [-0.15, -0.1) is 0 Å². The second kappa shape index (κ2) is 5.83. The summed E-state index contributed by atoms with van der Waals surface area (Å²) in [5.74, 6) is -0.749. The van der Waals surface area contributed by atoms with Crippen molar-refractivity contribution in [2.75, 3.05) is 5.32 Å². The van der Waals surface area contributed by atoms with Crippen molar-refractivity contribution < 1.29 is 9.90 Å². The summed E-state index contributed by atoms with van der Waals surface area (Å²) in [7, 11) is 0. The lowest BCUT2D eigenvalue weighted by atomic mass is 10.1. The average molecular weight is 334 g/mol. The van der Waals surface area contributed by atoms with Crippen molar-refractivity contribution in [2.45, 2.75) is 6.92 Å². The van der Waals surface area contributed by atoms with Gasteiger partial charge in [-0.05, 0) is 41.1 Å². The molecule has 0 radical (unpaired) electrons. The number of pyridine rings is 1. The summed E-state index contributed by atoms with van der Waals surface area (Å²) in [6.07, 6.45) is 0. The Bertz CT molecular complexity index is 672. The Morgan fingerprint density at radius 3 is 2.55 bits per heavy atom. The molecule has 0 aliphatic heterocycles. The maximum atomic E-state index is 11.3. The van der Waals surface area contributed by atoms with E-state index in [1.807, 2.05) is 30.3 Å². The van der Waals surface area contributed by atoms with Gasteiger partial charge in [0, 0.05) is 11.4 Å². The molecule has 102 valence electrons. The number of nitrogens with one attached hydrogen (secondary N) is 2. The monoisotopic (exact) mass is 333 g/mol. The molecule has 20 heavy (non-hydrogen) atoms. The maximum absolute atomic E-state index is 11.3. The second-order valence-corrected chi connectivity index (χ2v) is 4.95. The highest BCUT2D eigenvalue weighted by atomic mass is 79.9. The van der Waals surface area contributed by atoms with Crippen LogP contribution in [-0.2, 0) is 0 Å². The highest BCUT2D eigenvalue weighted by Crippen LogP contribution is 2.25. The summed E-state index contributed by atoms with van der Waals surface area (Å²) < 4.78 is 0.401. The number of rotatable bonds is 4. The lowest BCUT2D eigenvalue weighted by Crippen LogP contribution is -2.11. The largest absolute Gasteiger partial charge is 0.478 e. The Morgan fingerprint density at radius 1 is 1.35 bits per heavy atom. The summed E-state index contributed by atoms with van der Waals surface area (Å²) in [6.45, 7) is 1.54. The van der Waals surface area contributed by atoms with Gasteiger partial charge in [-0.2, -0.15) is 0 Å². The molecule has 0 atom stereocenters. The third kappa shape index (κ3) is 3.03. The number of nitrogens with zero attached hydrogens (tertiary/aromatic N) is 1. The number of hydrogen-bond acceptors (Lipinski definition) is 4.